The summed E-state index contributed by atoms with van der Waals surface area (Å²) in [5.41, 5.74) is 0.991. The SMILES string of the molecule is O=C(Nc1ccc(S(=O)(=O)NC[C@@H]2CCCO2)cc1)c1ccncc1. The Balaban J connectivity index is 1.62. The number of hydrogen-bond acceptors (Lipinski definition) is 5. The number of amides is 1. The van der Waals surface area contributed by atoms with E-state index in [-0.39, 0.29) is 23.5 Å². The van der Waals surface area contributed by atoms with E-state index >= 15 is 0 Å². The van der Waals surface area contributed by atoms with E-state index in [1.54, 1.807) is 24.3 Å². The number of ether oxygens (including phenoxy) is 1. The summed E-state index contributed by atoms with van der Waals surface area (Å²) < 4.78 is 32.5. The Bertz CT molecular complexity index is 817. The zero-order chi connectivity index (χ0) is 17.7. The number of carbonyl (C=O) groups excluding carboxylic acids is 1. The third kappa shape index (κ3) is 4.62. The highest BCUT2D eigenvalue weighted by molar-refractivity contribution is 7.89. The van der Waals surface area contributed by atoms with E-state index in [0.717, 1.165) is 12.8 Å². The zero-order valence-electron chi connectivity index (χ0n) is 13.5. The van der Waals surface area contributed by atoms with E-state index in [1.807, 2.05) is 0 Å². The maximum atomic E-state index is 12.3. The van der Waals surface area contributed by atoms with Gasteiger partial charge in [0.05, 0.1) is 11.0 Å². The minimum absolute atomic E-state index is 0.0614. The maximum absolute atomic E-state index is 12.3. The van der Waals surface area contributed by atoms with Crippen LogP contribution in [0.15, 0.2) is 53.7 Å². The number of carbonyl (C=O) groups is 1. The standard InChI is InChI=1S/C17H19N3O4S/c21-17(13-7-9-18-10-8-13)20-14-3-5-16(6-4-14)25(22,23)19-12-15-2-1-11-24-15/h3-10,15,19H,1-2,11-12H2,(H,20,21)/t15-/m0/s1. The molecule has 1 aromatic carbocycles. The van der Waals surface area contributed by atoms with Crippen molar-refractivity contribution >= 4 is 21.6 Å². The van der Waals surface area contributed by atoms with Crippen molar-refractivity contribution in [3.8, 4) is 0 Å². The molecule has 0 spiro atoms. The first-order chi connectivity index (χ1) is 12.0. The van der Waals surface area contributed by atoms with E-state index in [4.69, 9.17) is 4.74 Å². The van der Waals surface area contributed by atoms with Gasteiger partial charge in [0, 0.05) is 36.8 Å². The molecule has 0 saturated carbocycles. The molecular formula is C17H19N3O4S. The number of anilines is 1. The highest BCUT2D eigenvalue weighted by atomic mass is 32.2. The first-order valence-electron chi connectivity index (χ1n) is 7.97. The molecule has 1 fully saturated rings. The average molecular weight is 361 g/mol. The van der Waals surface area contributed by atoms with Gasteiger partial charge in [0.2, 0.25) is 10.0 Å². The molecule has 0 aliphatic carbocycles. The predicted molar refractivity (Wildman–Crippen MR) is 92.8 cm³/mol. The van der Waals surface area contributed by atoms with E-state index in [9.17, 15) is 13.2 Å². The van der Waals surface area contributed by atoms with E-state index in [1.165, 1.54) is 24.5 Å². The Hall–Kier alpha value is -2.29. The summed E-state index contributed by atoms with van der Waals surface area (Å²) in [5.74, 6) is -0.283. The van der Waals surface area contributed by atoms with Gasteiger partial charge in [-0.15, -0.1) is 0 Å². The zero-order valence-corrected chi connectivity index (χ0v) is 14.3. The second-order valence-corrected chi connectivity index (χ2v) is 7.47. The van der Waals surface area contributed by atoms with Crippen LogP contribution in [0.2, 0.25) is 0 Å². The molecule has 7 nitrogen and oxygen atoms in total. The second kappa shape index (κ2) is 7.73. The van der Waals surface area contributed by atoms with Gasteiger partial charge in [0.25, 0.3) is 5.91 Å². The van der Waals surface area contributed by atoms with Crippen LogP contribution in [-0.4, -0.2) is 38.6 Å². The molecule has 1 saturated heterocycles. The van der Waals surface area contributed by atoms with Crippen LogP contribution in [0.3, 0.4) is 0 Å². The summed E-state index contributed by atoms with van der Waals surface area (Å²) in [5, 5.41) is 2.71. The third-order valence-corrected chi connectivity index (χ3v) is 5.33. The van der Waals surface area contributed by atoms with Gasteiger partial charge in [0.1, 0.15) is 0 Å². The minimum atomic E-state index is -3.60. The van der Waals surface area contributed by atoms with Gasteiger partial charge in [-0.25, -0.2) is 13.1 Å². The number of hydrogen-bond donors (Lipinski definition) is 2. The van der Waals surface area contributed by atoms with Crippen LogP contribution in [0.5, 0.6) is 0 Å². The van der Waals surface area contributed by atoms with Crippen LogP contribution in [0.25, 0.3) is 0 Å². The number of nitrogens with zero attached hydrogens (tertiary/aromatic N) is 1. The van der Waals surface area contributed by atoms with Gasteiger partial charge in [0.15, 0.2) is 0 Å². The molecule has 0 bridgehead atoms. The second-order valence-electron chi connectivity index (χ2n) is 5.70. The Kier molecular flexibility index (Phi) is 5.42. The predicted octanol–water partition coefficient (Wildman–Crippen LogP) is 1.79. The molecule has 1 aliphatic heterocycles. The number of rotatable bonds is 6. The number of sulfonamides is 1. The van der Waals surface area contributed by atoms with Gasteiger partial charge in [-0.2, -0.15) is 0 Å². The summed E-state index contributed by atoms with van der Waals surface area (Å²) >= 11 is 0. The van der Waals surface area contributed by atoms with Crippen LogP contribution in [0.4, 0.5) is 5.69 Å². The van der Waals surface area contributed by atoms with Crippen molar-refractivity contribution in [3.05, 3.63) is 54.4 Å². The van der Waals surface area contributed by atoms with Gasteiger partial charge >= 0.3 is 0 Å². The molecule has 8 heteroatoms. The summed E-state index contributed by atoms with van der Waals surface area (Å²) in [6.45, 7) is 0.946. The molecule has 1 amide bonds. The van der Waals surface area contributed by atoms with Crippen LogP contribution in [-0.2, 0) is 14.8 Å². The third-order valence-electron chi connectivity index (χ3n) is 3.89. The van der Waals surface area contributed by atoms with Crippen molar-refractivity contribution in [1.29, 1.82) is 0 Å². The fourth-order valence-corrected chi connectivity index (χ4v) is 3.58. The lowest BCUT2D eigenvalue weighted by Crippen LogP contribution is -2.31. The molecular weight excluding hydrogens is 342 g/mol. The summed E-state index contributed by atoms with van der Waals surface area (Å²) in [6, 6.07) is 9.23. The maximum Gasteiger partial charge on any atom is 0.255 e. The van der Waals surface area contributed by atoms with Crippen molar-refractivity contribution in [3.63, 3.8) is 0 Å². The first kappa shape index (κ1) is 17.5. The fraction of sp³-hybridized carbons (Fsp3) is 0.294. The average Bonchev–Trinajstić information content (AvgIpc) is 3.15. The fourth-order valence-electron chi connectivity index (χ4n) is 2.52. The van der Waals surface area contributed by atoms with Crippen LogP contribution in [0.1, 0.15) is 23.2 Å². The number of pyridine rings is 1. The monoisotopic (exact) mass is 361 g/mol. The largest absolute Gasteiger partial charge is 0.377 e. The molecule has 1 atom stereocenters. The van der Waals surface area contributed by atoms with Gasteiger partial charge in [-0.05, 0) is 49.2 Å². The summed E-state index contributed by atoms with van der Waals surface area (Å²) in [6.07, 6.45) is 4.82. The Morgan fingerprint density at radius 3 is 2.52 bits per heavy atom. The lowest BCUT2D eigenvalue weighted by Gasteiger charge is -2.12. The molecule has 2 heterocycles. The van der Waals surface area contributed by atoms with Crippen LogP contribution < -0.4 is 10.0 Å². The van der Waals surface area contributed by atoms with Crippen molar-refractivity contribution in [2.75, 3.05) is 18.5 Å². The van der Waals surface area contributed by atoms with E-state index in [2.05, 4.69) is 15.0 Å². The number of aromatic nitrogens is 1. The molecule has 3 rings (SSSR count). The van der Waals surface area contributed by atoms with Crippen molar-refractivity contribution in [1.82, 2.24) is 9.71 Å². The van der Waals surface area contributed by atoms with Gasteiger partial charge in [-0.1, -0.05) is 0 Å². The number of nitrogens with one attached hydrogen (secondary N) is 2. The minimum Gasteiger partial charge on any atom is -0.377 e. The molecule has 0 unspecified atom stereocenters. The smallest absolute Gasteiger partial charge is 0.255 e. The number of benzene rings is 1. The van der Waals surface area contributed by atoms with Gasteiger partial charge < -0.3 is 10.1 Å². The highest BCUT2D eigenvalue weighted by Crippen LogP contribution is 2.16. The first-order valence-corrected chi connectivity index (χ1v) is 9.46. The van der Waals surface area contributed by atoms with E-state index in [0.29, 0.717) is 17.9 Å². The van der Waals surface area contributed by atoms with Gasteiger partial charge in [-0.3, -0.25) is 9.78 Å². The van der Waals surface area contributed by atoms with Crippen molar-refractivity contribution in [2.24, 2.45) is 0 Å². The Morgan fingerprint density at radius 1 is 1.16 bits per heavy atom. The van der Waals surface area contributed by atoms with Crippen molar-refractivity contribution < 1.29 is 17.9 Å². The molecule has 2 N–H and O–H groups in total. The molecule has 1 aliphatic rings. The highest BCUT2D eigenvalue weighted by Gasteiger charge is 2.20. The topological polar surface area (TPSA) is 97.4 Å². The van der Waals surface area contributed by atoms with Crippen LogP contribution >= 0.6 is 0 Å². The molecule has 1 aromatic heterocycles. The van der Waals surface area contributed by atoms with Crippen LogP contribution in [0, 0.1) is 0 Å². The normalized spacial score (nSPS) is 17.4. The quantitative estimate of drug-likeness (QED) is 0.817. The molecule has 132 valence electrons. The lowest BCUT2D eigenvalue weighted by atomic mass is 10.2. The van der Waals surface area contributed by atoms with E-state index < -0.39 is 10.0 Å². The molecule has 25 heavy (non-hydrogen) atoms. The van der Waals surface area contributed by atoms with Crippen molar-refractivity contribution in [2.45, 2.75) is 23.8 Å². The summed E-state index contributed by atoms with van der Waals surface area (Å²) in [7, 11) is -3.60. The molecule has 0 radical (unpaired) electrons. The Labute approximate surface area is 146 Å². The Morgan fingerprint density at radius 2 is 1.88 bits per heavy atom. The molecule has 2 aromatic rings. The lowest BCUT2D eigenvalue weighted by molar-refractivity contribution is 0.102. The summed E-state index contributed by atoms with van der Waals surface area (Å²) in [4.78, 5) is 16.1.